The molecule has 0 saturated carbocycles. The average molecular weight is 495 g/mol. The van der Waals surface area contributed by atoms with E-state index in [0.29, 0.717) is 12.5 Å². The molecule has 0 saturated heterocycles. The van der Waals surface area contributed by atoms with Gasteiger partial charge in [0.1, 0.15) is 0 Å². The second-order valence-corrected chi connectivity index (χ2v) is 11.5. The number of carbonyl (C=O) groups excluding carboxylic acids is 1. The van der Waals surface area contributed by atoms with Crippen LogP contribution < -0.4 is 0 Å². The van der Waals surface area contributed by atoms with E-state index >= 15 is 0 Å². The quantitative estimate of drug-likeness (QED) is 0.0798. The standard InChI is InChI=1S/C33H66O2/c1-5-8-11-14-15-16-17-18-19-20-23-26-29-32(28-25-22-13-10-7-3)30-35-33(34)31(4)27-24-21-12-9-6-2/h31-32H,5-30H2,1-4H3. The van der Waals surface area contributed by atoms with Crippen molar-refractivity contribution in [2.24, 2.45) is 11.8 Å². The summed E-state index contributed by atoms with van der Waals surface area (Å²) in [7, 11) is 0. The van der Waals surface area contributed by atoms with Gasteiger partial charge in [0.15, 0.2) is 0 Å². The maximum absolute atomic E-state index is 12.5. The normalized spacial score (nSPS) is 13.1. The Morgan fingerprint density at radius 2 is 0.800 bits per heavy atom. The Balaban J connectivity index is 4.02. The highest BCUT2D eigenvalue weighted by Gasteiger charge is 2.17. The average Bonchev–Trinajstić information content (AvgIpc) is 2.86. The van der Waals surface area contributed by atoms with E-state index in [2.05, 4.69) is 27.7 Å². The van der Waals surface area contributed by atoms with Crippen molar-refractivity contribution in [2.75, 3.05) is 6.61 Å². The van der Waals surface area contributed by atoms with Gasteiger partial charge in [-0.2, -0.15) is 0 Å². The maximum atomic E-state index is 12.5. The molecular formula is C33H66O2. The van der Waals surface area contributed by atoms with Crippen LogP contribution in [0.3, 0.4) is 0 Å². The van der Waals surface area contributed by atoms with Crippen LogP contribution >= 0.6 is 0 Å². The number of unbranched alkanes of at least 4 members (excludes halogenated alkanes) is 19. The van der Waals surface area contributed by atoms with Gasteiger partial charge >= 0.3 is 5.97 Å². The van der Waals surface area contributed by atoms with Crippen LogP contribution in [-0.2, 0) is 9.53 Å². The van der Waals surface area contributed by atoms with Gasteiger partial charge in [0.2, 0.25) is 0 Å². The van der Waals surface area contributed by atoms with Gasteiger partial charge in [0.05, 0.1) is 12.5 Å². The van der Waals surface area contributed by atoms with Crippen LogP contribution in [0.5, 0.6) is 0 Å². The predicted molar refractivity (Wildman–Crippen MR) is 156 cm³/mol. The molecule has 0 bridgehead atoms. The number of carbonyl (C=O) groups is 1. The third-order valence-electron chi connectivity index (χ3n) is 7.79. The Morgan fingerprint density at radius 1 is 0.486 bits per heavy atom. The zero-order valence-electron chi connectivity index (χ0n) is 24.9. The molecule has 0 amide bonds. The highest BCUT2D eigenvalue weighted by molar-refractivity contribution is 5.71. The molecule has 0 aliphatic rings. The van der Waals surface area contributed by atoms with Crippen LogP contribution in [0.15, 0.2) is 0 Å². The zero-order chi connectivity index (χ0) is 25.8. The second-order valence-electron chi connectivity index (χ2n) is 11.5. The lowest BCUT2D eigenvalue weighted by Crippen LogP contribution is -2.20. The minimum atomic E-state index is 0.0474. The molecule has 35 heavy (non-hydrogen) atoms. The van der Waals surface area contributed by atoms with Gasteiger partial charge in [-0.1, -0.05) is 169 Å². The summed E-state index contributed by atoms with van der Waals surface area (Å²) < 4.78 is 5.84. The molecule has 0 N–H and O–H groups in total. The van der Waals surface area contributed by atoms with Crippen molar-refractivity contribution in [1.29, 1.82) is 0 Å². The van der Waals surface area contributed by atoms with Crippen molar-refractivity contribution >= 4 is 5.97 Å². The first-order valence-electron chi connectivity index (χ1n) is 16.3. The van der Waals surface area contributed by atoms with E-state index in [4.69, 9.17) is 4.74 Å². The summed E-state index contributed by atoms with van der Waals surface area (Å²) in [6.45, 7) is 9.54. The van der Waals surface area contributed by atoms with Crippen LogP contribution in [0, 0.1) is 11.8 Å². The molecule has 0 rings (SSSR count). The molecule has 0 fully saturated rings. The highest BCUT2D eigenvalue weighted by Crippen LogP contribution is 2.21. The molecule has 0 aromatic carbocycles. The molecule has 0 heterocycles. The first-order valence-corrected chi connectivity index (χ1v) is 16.3. The molecular weight excluding hydrogens is 428 g/mol. The minimum Gasteiger partial charge on any atom is -0.465 e. The lowest BCUT2D eigenvalue weighted by Gasteiger charge is -2.19. The summed E-state index contributed by atoms with van der Waals surface area (Å²) in [5.74, 6) is 0.681. The summed E-state index contributed by atoms with van der Waals surface area (Å²) in [4.78, 5) is 12.5. The largest absolute Gasteiger partial charge is 0.465 e. The molecule has 0 spiro atoms. The van der Waals surface area contributed by atoms with Crippen LogP contribution in [-0.4, -0.2) is 12.6 Å². The molecule has 2 unspecified atom stereocenters. The fraction of sp³-hybridized carbons (Fsp3) is 0.970. The van der Waals surface area contributed by atoms with Gasteiger partial charge in [0, 0.05) is 0 Å². The van der Waals surface area contributed by atoms with Crippen molar-refractivity contribution in [3.05, 3.63) is 0 Å². The van der Waals surface area contributed by atoms with Gasteiger partial charge in [-0.05, 0) is 25.2 Å². The van der Waals surface area contributed by atoms with Crippen LogP contribution in [0.25, 0.3) is 0 Å². The second kappa shape index (κ2) is 28.0. The van der Waals surface area contributed by atoms with Crippen molar-refractivity contribution in [3.63, 3.8) is 0 Å². The molecule has 2 nitrogen and oxygen atoms in total. The number of esters is 1. The van der Waals surface area contributed by atoms with Crippen molar-refractivity contribution < 1.29 is 9.53 Å². The van der Waals surface area contributed by atoms with Gasteiger partial charge in [-0.25, -0.2) is 0 Å². The Hall–Kier alpha value is -0.530. The Morgan fingerprint density at radius 3 is 1.17 bits per heavy atom. The van der Waals surface area contributed by atoms with E-state index in [1.165, 1.54) is 148 Å². The Kier molecular flexibility index (Phi) is 27.6. The van der Waals surface area contributed by atoms with Crippen LogP contribution in [0.4, 0.5) is 0 Å². The van der Waals surface area contributed by atoms with Crippen LogP contribution in [0.2, 0.25) is 0 Å². The van der Waals surface area contributed by atoms with E-state index in [0.717, 1.165) is 12.8 Å². The third-order valence-corrected chi connectivity index (χ3v) is 7.79. The summed E-state index contributed by atoms with van der Waals surface area (Å²) in [5, 5.41) is 0. The molecule has 0 radical (unpaired) electrons. The number of rotatable bonds is 28. The lowest BCUT2D eigenvalue weighted by molar-refractivity contribution is -0.149. The predicted octanol–water partition coefficient (Wildman–Crippen LogP) is 11.6. The minimum absolute atomic E-state index is 0.0474. The molecule has 0 aromatic rings. The summed E-state index contributed by atoms with van der Waals surface area (Å²) in [6, 6.07) is 0. The van der Waals surface area contributed by atoms with Crippen molar-refractivity contribution in [2.45, 2.75) is 188 Å². The van der Waals surface area contributed by atoms with E-state index in [1.807, 2.05) is 0 Å². The number of hydrogen-bond donors (Lipinski definition) is 0. The molecule has 0 aliphatic heterocycles. The summed E-state index contributed by atoms with van der Waals surface area (Å²) >= 11 is 0. The van der Waals surface area contributed by atoms with Crippen molar-refractivity contribution in [1.82, 2.24) is 0 Å². The van der Waals surface area contributed by atoms with Crippen LogP contribution in [0.1, 0.15) is 188 Å². The molecule has 210 valence electrons. The van der Waals surface area contributed by atoms with Gasteiger partial charge < -0.3 is 4.74 Å². The lowest BCUT2D eigenvalue weighted by atomic mass is 9.94. The Labute approximate surface area is 222 Å². The number of ether oxygens (including phenoxy) is 1. The first kappa shape index (κ1) is 34.5. The van der Waals surface area contributed by atoms with E-state index in [1.54, 1.807) is 0 Å². The van der Waals surface area contributed by atoms with Crippen molar-refractivity contribution in [3.8, 4) is 0 Å². The SMILES string of the molecule is CCCCCCCCCCCCCCC(CCCCCCC)COC(=O)C(C)CCCCCCC. The maximum Gasteiger partial charge on any atom is 0.308 e. The molecule has 0 aromatic heterocycles. The molecule has 2 heteroatoms. The number of hydrogen-bond acceptors (Lipinski definition) is 2. The topological polar surface area (TPSA) is 26.3 Å². The summed E-state index contributed by atoms with van der Waals surface area (Å²) in [5.41, 5.74) is 0. The molecule has 0 aliphatic carbocycles. The van der Waals surface area contributed by atoms with Gasteiger partial charge in [0.25, 0.3) is 0 Å². The van der Waals surface area contributed by atoms with E-state index < -0.39 is 0 Å². The zero-order valence-corrected chi connectivity index (χ0v) is 24.9. The van der Waals surface area contributed by atoms with Gasteiger partial charge in [-0.15, -0.1) is 0 Å². The Bertz CT molecular complexity index is 419. The highest BCUT2D eigenvalue weighted by atomic mass is 16.5. The van der Waals surface area contributed by atoms with E-state index in [-0.39, 0.29) is 11.9 Å². The summed E-state index contributed by atoms with van der Waals surface area (Å²) in [6.07, 6.45) is 33.2. The van der Waals surface area contributed by atoms with E-state index in [9.17, 15) is 4.79 Å². The first-order chi connectivity index (χ1) is 17.2. The fourth-order valence-electron chi connectivity index (χ4n) is 5.14. The third kappa shape index (κ3) is 24.9. The molecule has 2 atom stereocenters. The van der Waals surface area contributed by atoms with Gasteiger partial charge in [-0.3, -0.25) is 4.79 Å². The monoisotopic (exact) mass is 495 g/mol. The fourth-order valence-corrected chi connectivity index (χ4v) is 5.14. The smallest absolute Gasteiger partial charge is 0.308 e.